The van der Waals surface area contributed by atoms with Gasteiger partial charge >= 0.3 is 5.97 Å². The van der Waals surface area contributed by atoms with Crippen molar-refractivity contribution in [1.82, 2.24) is 15.2 Å². The Labute approximate surface area is 341 Å². The number of carboxylic acids is 1. The first-order valence-corrected chi connectivity index (χ1v) is 20.4. The van der Waals surface area contributed by atoms with Crippen LogP contribution in [0.1, 0.15) is 62.6 Å². The molecule has 0 bridgehead atoms. The van der Waals surface area contributed by atoms with Crippen molar-refractivity contribution in [2.24, 2.45) is 0 Å². The molecule has 1 aromatic heterocycles. The number of aromatic nitrogens is 1. The van der Waals surface area contributed by atoms with Crippen molar-refractivity contribution >= 4 is 34.4 Å². The van der Waals surface area contributed by atoms with E-state index < -0.39 is 18.1 Å². The average molecular weight is 799 g/mol. The number of hydrogen-bond acceptors (Lipinski definition) is 10. The topological polar surface area (TPSA) is 158 Å². The third-order valence-electron chi connectivity index (χ3n) is 9.82. The second-order valence-electron chi connectivity index (χ2n) is 14.2. The zero-order chi connectivity index (χ0) is 41.0. The fourth-order valence-corrected chi connectivity index (χ4v) is 6.93. The standard InChI is InChI=1S/C45H58N4O9/c1-3-22-54-23-24-55-25-26-56-27-28-57-29-30-58-41-17-16-36(37-8-4-5-9-38(37)41)34-12-14-35(15-13-34)39(32-44(51)52)48-45(53)40-10-7-21-49(40)43(50)11-6-19-46-42-31-33(2)18-20-47-42/h4-5,8-9,12-18,20,31,39-40H,3,6-7,10-11,19,21-30,32H2,1-2H3,(H,46,47)(H,48,53)(H,51,52)/t39-,40-/m0/s1. The van der Waals surface area contributed by atoms with Gasteiger partial charge in [0.15, 0.2) is 0 Å². The van der Waals surface area contributed by atoms with Gasteiger partial charge in [0.05, 0.1) is 58.7 Å². The average Bonchev–Trinajstić information content (AvgIpc) is 3.73. The Balaban J connectivity index is 1.11. The van der Waals surface area contributed by atoms with Crippen molar-refractivity contribution in [3.8, 4) is 16.9 Å². The van der Waals surface area contributed by atoms with Crippen LogP contribution in [0, 0.1) is 6.92 Å². The zero-order valence-electron chi connectivity index (χ0n) is 33.8. The molecule has 5 rings (SSSR count). The van der Waals surface area contributed by atoms with E-state index in [9.17, 15) is 19.5 Å². The number of anilines is 1. The van der Waals surface area contributed by atoms with Gasteiger partial charge in [-0.2, -0.15) is 0 Å². The van der Waals surface area contributed by atoms with E-state index in [2.05, 4.69) is 22.5 Å². The number of pyridine rings is 1. The van der Waals surface area contributed by atoms with Crippen molar-refractivity contribution in [3.05, 3.63) is 90.1 Å². The van der Waals surface area contributed by atoms with Crippen molar-refractivity contribution < 1.29 is 43.2 Å². The van der Waals surface area contributed by atoms with E-state index in [1.54, 1.807) is 11.1 Å². The Morgan fingerprint density at radius 2 is 1.52 bits per heavy atom. The number of nitrogens with zero attached hydrogens (tertiary/aromatic N) is 2. The third-order valence-corrected chi connectivity index (χ3v) is 9.82. The number of aliphatic carboxylic acids is 1. The molecule has 1 fully saturated rings. The van der Waals surface area contributed by atoms with Crippen molar-refractivity contribution in [1.29, 1.82) is 0 Å². The van der Waals surface area contributed by atoms with Gasteiger partial charge in [-0.1, -0.05) is 61.5 Å². The van der Waals surface area contributed by atoms with Crippen LogP contribution in [0.5, 0.6) is 5.75 Å². The summed E-state index contributed by atoms with van der Waals surface area (Å²) in [7, 11) is 0. The summed E-state index contributed by atoms with van der Waals surface area (Å²) in [6.45, 7) is 9.82. The maximum atomic E-state index is 13.6. The Bertz CT molecular complexity index is 1890. The number of hydrogen-bond donors (Lipinski definition) is 3. The second-order valence-corrected chi connectivity index (χ2v) is 14.2. The summed E-state index contributed by atoms with van der Waals surface area (Å²) in [6, 6.07) is 22.0. The van der Waals surface area contributed by atoms with E-state index in [1.807, 2.05) is 79.7 Å². The number of rotatable bonds is 26. The number of ether oxygens (including phenoxy) is 5. The molecule has 2 atom stereocenters. The summed E-state index contributed by atoms with van der Waals surface area (Å²) in [6.07, 6.45) is 4.58. The van der Waals surface area contributed by atoms with Crippen molar-refractivity contribution in [3.63, 3.8) is 0 Å². The molecule has 3 aromatic carbocycles. The van der Waals surface area contributed by atoms with Gasteiger partial charge < -0.3 is 44.3 Å². The molecule has 58 heavy (non-hydrogen) atoms. The van der Waals surface area contributed by atoms with E-state index in [-0.39, 0.29) is 18.2 Å². The van der Waals surface area contributed by atoms with Crippen LogP contribution in [0.25, 0.3) is 21.9 Å². The Kier molecular flexibility index (Phi) is 18.2. The first-order valence-electron chi connectivity index (χ1n) is 20.4. The summed E-state index contributed by atoms with van der Waals surface area (Å²) in [5.74, 6) is 0.0490. The minimum atomic E-state index is -1.03. The predicted octanol–water partition coefficient (Wildman–Crippen LogP) is 6.58. The maximum absolute atomic E-state index is 13.6. The molecule has 2 heterocycles. The van der Waals surface area contributed by atoms with Crippen LogP contribution in [0.2, 0.25) is 0 Å². The molecule has 4 aromatic rings. The fourth-order valence-electron chi connectivity index (χ4n) is 6.93. The quantitative estimate of drug-likeness (QED) is 0.0590. The molecule has 1 saturated heterocycles. The lowest BCUT2D eigenvalue weighted by Gasteiger charge is -2.26. The number of carbonyl (C=O) groups excluding carboxylic acids is 2. The number of nitrogens with one attached hydrogen (secondary N) is 2. The van der Waals surface area contributed by atoms with Crippen LogP contribution in [0.15, 0.2) is 79.0 Å². The lowest BCUT2D eigenvalue weighted by molar-refractivity contribution is -0.140. The van der Waals surface area contributed by atoms with Crippen LogP contribution in [0.4, 0.5) is 5.82 Å². The number of amides is 2. The van der Waals surface area contributed by atoms with E-state index in [4.69, 9.17) is 23.7 Å². The Morgan fingerprint density at radius 1 is 0.845 bits per heavy atom. The monoisotopic (exact) mass is 798 g/mol. The summed E-state index contributed by atoms with van der Waals surface area (Å²) in [4.78, 5) is 44.7. The van der Waals surface area contributed by atoms with E-state index >= 15 is 0 Å². The molecule has 3 N–H and O–H groups in total. The molecule has 0 aliphatic carbocycles. The number of benzene rings is 3. The highest BCUT2D eigenvalue weighted by atomic mass is 16.6. The number of aryl methyl sites for hydroxylation is 1. The van der Waals surface area contributed by atoms with E-state index in [1.165, 1.54) is 0 Å². The van der Waals surface area contributed by atoms with Gasteiger partial charge in [-0.15, -0.1) is 0 Å². The van der Waals surface area contributed by atoms with Gasteiger partial charge in [0.25, 0.3) is 0 Å². The highest BCUT2D eigenvalue weighted by Gasteiger charge is 2.35. The minimum absolute atomic E-state index is 0.0873. The molecular formula is C45H58N4O9. The molecule has 13 nitrogen and oxygen atoms in total. The molecule has 0 spiro atoms. The first kappa shape index (κ1) is 44.0. The lowest BCUT2D eigenvalue weighted by Crippen LogP contribution is -2.47. The van der Waals surface area contributed by atoms with Gasteiger partial charge in [0, 0.05) is 37.7 Å². The number of fused-ring (bicyclic) bond motifs is 1. The van der Waals surface area contributed by atoms with Gasteiger partial charge in [0.1, 0.15) is 24.2 Å². The second kappa shape index (κ2) is 24.0. The molecule has 0 unspecified atom stereocenters. The van der Waals surface area contributed by atoms with Gasteiger partial charge in [-0.25, -0.2) is 4.98 Å². The highest BCUT2D eigenvalue weighted by Crippen LogP contribution is 2.35. The third kappa shape index (κ3) is 13.8. The number of carbonyl (C=O) groups is 3. The normalized spacial score (nSPS) is 14.4. The van der Waals surface area contributed by atoms with Gasteiger partial charge in [-0.05, 0) is 78.4 Å². The Morgan fingerprint density at radius 3 is 2.19 bits per heavy atom. The Hall–Kier alpha value is -5.08. The van der Waals surface area contributed by atoms with Gasteiger partial charge in [0.2, 0.25) is 11.8 Å². The molecular weight excluding hydrogens is 741 g/mol. The maximum Gasteiger partial charge on any atom is 0.305 e. The largest absolute Gasteiger partial charge is 0.491 e. The summed E-state index contributed by atoms with van der Waals surface area (Å²) >= 11 is 0. The first-order chi connectivity index (χ1) is 28.3. The van der Waals surface area contributed by atoms with Crippen LogP contribution < -0.4 is 15.4 Å². The van der Waals surface area contributed by atoms with Crippen LogP contribution >= 0.6 is 0 Å². The predicted molar refractivity (Wildman–Crippen MR) is 223 cm³/mol. The zero-order valence-corrected chi connectivity index (χ0v) is 33.8. The fraction of sp³-hybridized carbons (Fsp3) is 0.467. The van der Waals surface area contributed by atoms with Crippen LogP contribution in [-0.2, 0) is 33.3 Å². The van der Waals surface area contributed by atoms with Crippen LogP contribution in [-0.4, -0.2) is 111 Å². The minimum Gasteiger partial charge on any atom is -0.491 e. The molecule has 0 radical (unpaired) electrons. The molecule has 0 saturated carbocycles. The molecule has 2 amide bonds. The smallest absolute Gasteiger partial charge is 0.305 e. The molecule has 13 heteroatoms. The lowest BCUT2D eigenvalue weighted by atomic mass is 9.95. The molecule has 312 valence electrons. The summed E-state index contributed by atoms with van der Waals surface area (Å²) < 4.78 is 28.2. The summed E-state index contributed by atoms with van der Waals surface area (Å²) in [5, 5.41) is 17.9. The van der Waals surface area contributed by atoms with Crippen molar-refractivity contribution in [2.75, 3.05) is 77.9 Å². The molecule has 1 aliphatic heterocycles. The molecule has 1 aliphatic rings. The van der Waals surface area contributed by atoms with Crippen LogP contribution in [0.3, 0.4) is 0 Å². The van der Waals surface area contributed by atoms with E-state index in [0.717, 1.165) is 52.1 Å². The van der Waals surface area contributed by atoms with Gasteiger partial charge in [-0.3, -0.25) is 14.4 Å². The van der Waals surface area contributed by atoms with Crippen molar-refractivity contribution in [2.45, 2.75) is 64.5 Å². The van der Waals surface area contributed by atoms with E-state index in [0.29, 0.717) is 97.2 Å². The number of likely N-dealkylation sites (tertiary alicyclic amines) is 1. The summed E-state index contributed by atoms with van der Waals surface area (Å²) in [5.41, 5.74) is 3.69. The number of carboxylic acid groups (broad SMARTS) is 1. The highest BCUT2D eigenvalue weighted by molar-refractivity contribution is 6.00. The SMILES string of the molecule is CCCOCCOCCOCCOCCOc1ccc(-c2ccc([C@H](CC(=O)O)NC(=O)[C@@H]3CCCN3C(=O)CCCNc3cc(C)ccn3)cc2)c2ccccc12.